The monoisotopic (exact) mass is 874 g/mol. The van der Waals surface area contributed by atoms with Gasteiger partial charge in [-0.25, -0.2) is 18.4 Å². The standard InChI is InChI=1S/C24H27F3N4O3.C22H27FN4O2/c1-16-5-3-4-6-20(16)31(24(34)30-11-9-29(2)10-12-30)15-18-8-7-17(13-19(18)25)21(32)14-28-23(33)22(26)27;1-16-5-3-4-6-20(16)27(22(29)26-11-9-25(2)10-12-26)15-18-8-7-17(13-19(18)23)21(28)14-24/h3-8,13,22H,9-12,14-15H2,1-2H3,(H,28,33);3-8,13H,9-12,14-15,24H2,1-2H3. The van der Waals surface area contributed by atoms with E-state index in [-0.39, 0.29) is 54.2 Å². The highest BCUT2D eigenvalue weighted by Crippen LogP contribution is 2.27. The van der Waals surface area contributed by atoms with Gasteiger partial charge in [0.05, 0.1) is 26.2 Å². The molecule has 17 heteroatoms. The Morgan fingerprint density at radius 2 is 1.02 bits per heavy atom. The van der Waals surface area contributed by atoms with Crippen molar-refractivity contribution in [1.29, 1.82) is 0 Å². The number of piperazine rings is 2. The molecule has 3 N–H and O–H groups in total. The third-order valence-corrected chi connectivity index (χ3v) is 11.0. The minimum absolute atomic E-state index is 0.0571. The average Bonchev–Trinajstić information content (AvgIpc) is 3.28. The van der Waals surface area contributed by atoms with Gasteiger partial charge in [-0.2, -0.15) is 8.78 Å². The number of hydrogen-bond donors (Lipinski definition) is 2. The molecule has 0 saturated carbocycles. The van der Waals surface area contributed by atoms with Gasteiger partial charge in [-0.05, 0) is 63.3 Å². The third-order valence-electron chi connectivity index (χ3n) is 11.0. The van der Waals surface area contributed by atoms with Gasteiger partial charge in [-0.3, -0.25) is 24.2 Å². The van der Waals surface area contributed by atoms with Crippen LogP contribution in [-0.2, 0) is 17.9 Å². The van der Waals surface area contributed by atoms with Crippen LogP contribution in [0.5, 0.6) is 0 Å². The fourth-order valence-electron chi connectivity index (χ4n) is 7.08. The number of carbonyl (C=O) groups excluding carboxylic acids is 5. The van der Waals surface area contributed by atoms with Crippen LogP contribution in [0.15, 0.2) is 84.9 Å². The van der Waals surface area contributed by atoms with E-state index in [0.29, 0.717) is 37.4 Å². The molecule has 0 unspecified atom stereocenters. The first-order valence-electron chi connectivity index (χ1n) is 20.6. The van der Waals surface area contributed by atoms with E-state index in [1.54, 1.807) is 44.3 Å². The number of likely N-dealkylation sites (N-methyl/N-ethyl adjacent to an activating group) is 2. The Kier molecular flexibility index (Phi) is 16.9. The molecule has 0 aliphatic carbocycles. The van der Waals surface area contributed by atoms with Crippen molar-refractivity contribution in [2.45, 2.75) is 33.4 Å². The first kappa shape index (κ1) is 47.9. The number of Topliss-reactive ketones (excluding diaryl/α,β-unsaturated/α-hetero) is 2. The largest absolute Gasteiger partial charge is 0.344 e. The molecule has 5 amide bonds. The van der Waals surface area contributed by atoms with Crippen LogP contribution in [0.3, 0.4) is 0 Å². The summed E-state index contributed by atoms with van der Waals surface area (Å²) in [6.07, 6.45) is -3.24. The summed E-state index contributed by atoms with van der Waals surface area (Å²) < 4.78 is 54.3. The highest BCUT2D eigenvalue weighted by Gasteiger charge is 2.29. The minimum atomic E-state index is -3.24. The summed E-state index contributed by atoms with van der Waals surface area (Å²) in [7, 11) is 4.01. The fraction of sp³-hybridized carbons (Fsp3) is 0.370. The predicted octanol–water partition coefficient (Wildman–Crippen LogP) is 5.72. The zero-order valence-electron chi connectivity index (χ0n) is 36.0. The quantitative estimate of drug-likeness (QED) is 0.136. The van der Waals surface area contributed by atoms with Gasteiger partial charge >= 0.3 is 18.5 Å². The topological polar surface area (TPSA) is 143 Å². The number of ketones is 2. The van der Waals surface area contributed by atoms with Crippen LogP contribution in [0.1, 0.15) is 43.0 Å². The van der Waals surface area contributed by atoms with Crippen molar-refractivity contribution in [2.24, 2.45) is 5.73 Å². The Morgan fingerprint density at radius 1 is 0.619 bits per heavy atom. The van der Waals surface area contributed by atoms with Crippen molar-refractivity contribution in [2.75, 3.05) is 89.3 Å². The number of rotatable bonds is 12. The molecule has 2 aliphatic heterocycles. The minimum Gasteiger partial charge on any atom is -0.344 e. The molecular formula is C46H54F4N8O5. The second kappa shape index (κ2) is 22.3. The number of benzene rings is 4. The zero-order chi connectivity index (χ0) is 45.8. The van der Waals surface area contributed by atoms with Crippen LogP contribution in [0, 0.1) is 25.5 Å². The molecule has 4 aromatic carbocycles. The number of nitrogens with one attached hydrogen (secondary N) is 1. The number of halogens is 4. The Balaban J connectivity index is 0.000000240. The molecule has 0 aromatic heterocycles. The van der Waals surface area contributed by atoms with E-state index in [9.17, 15) is 41.5 Å². The molecule has 2 fully saturated rings. The lowest BCUT2D eigenvalue weighted by Crippen LogP contribution is -2.52. The predicted molar refractivity (Wildman–Crippen MR) is 233 cm³/mol. The smallest absolute Gasteiger partial charge is 0.324 e. The maximum Gasteiger partial charge on any atom is 0.324 e. The Bertz CT molecular complexity index is 2260. The maximum absolute atomic E-state index is 15.0. The first-order chi connectivity index (χ1) is 30.1. The summed E-state index contributed by atoms with van der Waals surface area (Å²) >= 11 is 0. The van der Waals surface area contributed by atoms with Crippen LogP contribution in [0.25, 0.3) is 0 Å². The van der Waals surface area contributed by atoms with Crippen molar-refractivity contribution >= 4 is 40.9 Å². The lowest BCUT2D eigenvalue weighted by atomic mass is 10.1. The molecule has 0 atom stereocenters. The SMILES string of the molecule is Cc1ccccc1N(Cc1ccc(C(=O)CN)cc1F)C(=O)N1CCN(C)CC1.Cc1ccccc1N(Cc1ccc(C(=O)CNC(=O)C(F)F)cc1F)C(=O)N1CCN(C)CC1. The van der Waals surface area contributed by atoms with Gasteiger partial charge < -0.3 is 30.7 Å². The molecule has 0 spiro atoms. The molecule has 6 rings (SSSR count). The molecular weight excluding hydrogens is 821 g/mol. The molecule has 2 heterocycles. The number of nitrogens with two attached hydrogens (primary N) is 1. The Hall–Kier alpha value is -6.17. The summed E-state index contributed by atoms with van der Waals surface area (Å²) in [5, 5.41) is 1.81. The molecule has 2 saturated heterocycles. The molecule has 0 radical (unpaired) electrons. The van der Waals surface area contributed by atoms with Gasteiger partial charge in [0.25, 0.3) is 5.91 Å². The summed E-state index contributed by atoms with van der Waals surface area (Å²) in [5.41, 5.74) is 9.27. The maximum atomic E-state index is 15.0. The van der Waals surface area contributed by atoms with Crippen molar-refractivity contribution in [1.82, 2.24) is 24.9 Å². The number of anilines is 2. The summed E-state index contributed by atoms with van der Waals surface area (Å²) in [4.78, 5) is 72.6. The van der Waals surface area contributed by atoms with E-state index in [0.717, 1.165) is 49.1 Å². The van der Waals surface area contributed by atoms with E-state index < -0.39 is 36.3 Å². The molecule has 336 valence electrons. The number of aryl methyl sites for hydroxylation is 2. The van der Waals surface area contributed by atoms with E-state index in [1.807, 2.05) is 64.3 Å². The molecule has 13 nitrogen and oxygen atoms in total. The second-order valence-corrected chi connectivity index (χ2v) is 15.6. The molecule has 63 heavy (non-hydrogen) atoms. The van der Waals surface area contributed by atoms with Gasteiger partial charge in [0.2, 0.25) is 0 Å². The van der Waals surface area contributed by atoms with Crippen molar-refractivity contribution in [3.05, 3.63) is 130 Å². The van der Waals surface area contributed by atoms with Crippen LogP contribution in [0.2, 0.25) is 0 Å². The fourth-order valence-corrected chi connectivity index (χ4v) is 7.08. The van der Waals surface area contributed by atoms with E-state index in [2.05, 4.69) is 9.80 Å². The Labute approximate surface area is 365 Å². The van der Waals surface area contributed by atoms with E-state index >= 15 is 0 Å². The number of alkyl halides is 2. The van der Waals surface area contributed by atoms with Gasteiger partial charge in [0.1, 0.15) is 11.6 Å². The van der Waals surface area contributed by atoms with Crippen LogP contribution in [0.4, 0.5) is 38.5 Å². The van der Waals surface area contributed by atoms with Crippen molar-refractivity contribution in [3.8, 4) is 0 Å². The van der Waals surface area contributed by atoms with Gasteiger partial charge in [0, 0.05) is 86.0 Å². The summed E-state index contributed by atoms with van der Waals surface area (Å²) in [6.45, 7) is 8.43. The Morgan fingerprint density at radius 3 is 1.38 bits per heavy atom. The average molecular weight is 875 g/mol. The summed E-state index contributed by atoms with van der Waals surface area (Å²) in [6, 6.07) is 22.6. The summed E-state index contributed by atoms with van der Waals surface area (Å²) in [5.74, 6) is -3.82. The third kappa shape index (κ3) is 12.7. The highest BCUT2D eigenvalue weighted by atomic mass is 19.3. The van der Waals surface area contributed by atoms with Crippen LogP contribution < -0.4 is 20.9 Å². The van der Waals surface area contributed by atoms with Crippen molar-refractivity contribution in [3.63, 3.8) is 0 Å². The van der Waals surface area contributed by atoms with Crippen LogP contribution in [-0.4, -0.2) is 135 Å². The number of para-hydroxylation sites is 2. The molecule has 4 aromatic rings. The molecule has 0 bridgehead atoms. The van der Waals surface area contributed by atoms with Gasteiger partial charge in [-0.15, -0.1) is 0 Å². The van der Waals surface area contributed by atoms with Crippen LogP contribution >= 0.6 is 0 Å². The number of hydrogen-bond acceptors (Lipinski definition) is 8. The van der Waals surface area contributed by atoms with Gasteiger partial charge in [-0.1, -0.05) is 60.7 Å². The first-order valence-corrected chi connectivity index (χ1v) is 20.6. The number of urea groups is 2. The zero-order valence-corrected chi connectivity index (χ0v) is 36.0. The van der Waals surface area contributed by atoms with Crippen molar-refractivity contribution < 1.29 is 41.5 Å². The normalized spacial score (nSPS) is 14.4. The number of nitrogens with zero attached hydrogens (tertiary/aromatic N) is 6. The second-order valence-electron chi connectivity index (χ2n) is 15.6. The lowest BCUT2D eigenvalue weighted by Gasteiger charge is -2.36. The van der Waals surface area contributed by atoms with E-state index in [1.165, 1.54) is 23.1 Å². The number of carbonyl (C=O) groups is 5. The lowest BCUT2D eigenvalue weighted by molar-refractivity contribution is -0.131. The molecule has 2 aliphatic rings. The van der Waals surface area contributed by atoms with E-state index in [4.69, 9.17) is 5.73 Å². The van der Waals surface area contributed by atoms with Gasteiger partial charge in [0.15, 0.2) is 11.6 Å². The highest BCUT2D eigenvalue weighted by molar-refractivity contribution is 6.00. The number of amides is 5.